The molecule has 0 spiro atoms. The summed E-state index contributed by atoms with van der Waals surface area (Å²) in [6.07, 6.45) is 3.52. The number of unbranched alkanes of at least 4 members (excludes halogenated alkanes) is 3. The van der Waals surface area contributed by atoms with Gasteiger partial charge in [-0.05, 0) is 37.1 Å². The van der Waals surface area contributed by atoms with Crippen LogP contribution in [0.5, 0.6) is 0 Å². The van der Waals surface area contributed by atoms with E-state index < -0.39 is 17.4 Å². The van der Waals surface area contributed by atoms with E-state index in [-0.39, 0.29) is 16.0 Å². The van der Waals surface area contributed by atoms with Gasteiger partial charge in [0.25, 0.3) is 5.91 Å². The molecule has 0 aliphatic heterocycles. The zero-order chi connectivity index (χ0) is 20.7. The standard InChI is InChI=1S/C18H31N2O5PS/c1-18(2,3)26(4,22)25-14-8-6-5-7-13-20-17(21)15-9-11-16(12-10-15)27(19,23)24/h9-12H,5-8,13-14H2,1-4H3,(H,20,21)(H2,19,23,24). The van der Waals surface area contributed by atoms with Crippen LogP contribution in [-0.2, 0) is 19.1 Å². The third-order valence-corrected chi connectivity index (χ3v) is 8.40. The van der Waals surface area contributed by atoms with E-state index in [0.29, 0.717) is 18.7 Å². The van der Waals surface area contributed by atoms with E-state index in [1.807, 2.05) is 20.8 Å². The van der Waals surface area contributed by atoms with Crippen molar-refractivity contribution in [1.29, 1.82) is 0 Å². The molecule has 0 fully saturated rings. The second-order valence-electron chi connectivity index (χ2n) is 7.59. The molecule has 1 unspecified atom stereocenters. The molecule has 7 nitrogen and oxygen atoms in total. The molecule has 0 radical (unpaired) electrons. The van der Waals surface area contributed by atoms with Gasteiger partial charge in [0.1, 0.15) is 0 Å². The van der Waals surface area contributed by atoms with Crippen LogP contribution in [0.4, 0.5) is 0 Å². The first-order valence-electron chi connectivity index (χ1n) is 8.98. The first-order chi connectivity index (χ1) is 12.3. The Morgan fingerprint density at radius 1 is 1.11 bits per heavy atom. The van der Waals surface area contributed by atoms with Crippen molar-refractivity contribution in [3.63, 3.8) is 0 Å². The van der Waals surface area contributed by atoms with Crippen molar-refractivity contribution in [2.24, 2.45) is 5.14 Å². The van der Waals surface area contributed by atoms with Gasteiger partial charge >= 0.3 is 0 Å². The van der Waals surface area contributed by atoms with Gasteiger partial charge in [-0.15, -0.1) is 0 Å². The zero-order valence-corrected chi connectivity index (χ0v) is 18.2. The number of nitrogens with one attached hydrogen (secondary N) is 1. The van der Waals surface area contributed by atoms with E-state index in [4.69, 9.17) is 9.66 Å². The highest BCUT2D eigenvalue weighted by Crippen LogP contribution is 2.55. The molecule has 0 heterocycles. The maximum absolute atomic E-state index is 12.3. The molecule has 0 aromatic heterocycles. The summed E-state index contributed by atoms with van der Waals surface area (Å²) in [5.74, 6) is -0.253. The van der Waals surface area contributed by atoms with E-state index in [9.17, 15) is 17.8 Å². The number of nitrogens with two attached hydrogens (primary N) is 1. The molecule has 0 bridgehead atoms. The molecule has 1 aromatic carbocycles. The van der Waals surface area contributed by atoms with Crippen molar-refractivity contribution in [3.05, 3.63) is 29.8 Å². The minimum atomic E-state index is -3.75. The number of carbonyl (C=O) groups excluding carboxylic acids is 1. The number of hydrogen-bond donors (Lipinski definition) is 2. The van der Waals surface area contributed by atoms with E-state index in [0.717, 1.165) is 25.7 Å². The third kappa shape index (κ3) is 8.13. The predicted molar refractivity (Wildman–Crippen MR) is 108 cm³/mol. The van der Waals surface area contributed by atoms with Gasteiger partial charge in [0, 0.05) is 23.9 Å². The van der Waals surface area contributed by atoms with Crippen LogP contribution in [0, 0.1) is 0 Å². The smallest absolute Gasteiger partial charge is 0.251 e. The number of sulfonamides is 1. The Morgan fingerprint density at radius 3 is 2.19 bits per heavy atom. The van der Waals surface area contributed by atoms with E-state index in [1.165, 1.54) is 24.3 Å². The number of carbonyl (C=O) groups is 1. The minimum Gasteiger partial charge on any atom is -0.352 e. The fraction of sp³-hybridized carbons (Fsp3) is 0.611. The van der Waals surface area contributed by atoms with Crippen molar-refractivity contribution >= 4 is 23.3 Å². The van der Waals surface area contributed by atoms with Gasteiger partial charge in [0.2, 0.25) is 17.4 Å². The highest BCUT2D eigenvalue weighted by Gasteiger charge is 2.32. The van der Waals surface area contributed by atoms with Crippen LogP contribution in [0.25, 0.3) is 0 Å². The Labute approximate surface area is 162 Å². The second kappa shape index (κ2) is 9.82. The molecule has 1 atom stereocenters. The largest absolute Gasteiger partial charge is 0.352 e. The molecule has 0 aliphatic rings. The summed E-state index contributed by atoms with van der Waals surface area (Å²) in [4.78, 5) is 12.0. The zero-order valence-electron chi connectivity index (χ0n) is 16.5. The monoisotopic (exact) mass is 418 g/mol. The van der Waals surface area contributed by atoms with Gasteiger partial charge < -0.3 is 9.84 Å². The van der Waals surface area contributed by atoms with Crippen LogP contribution in [0.3, 0.4) is 0 Å². The molecule has 1 amide bonds. The molecule has 0 saturated carbocycles. The summed E-state index contributed by atoms with van der Waals surface area (Å²) in [6.45, 7) is 8.44. The van der Waals surface area contributed by atoms with Crippen LogP contribution in [0.2, 0.25) is 0 Å². The Kier molecular flexibility index (Phi) is 8.67. The topological polar surface area (TPSA) is 116 Å². The summed E-state index contributed by atoms with van der Waals surface area (Å²) >= 11 is 0. The quantitative estimate of drug-likeness (QED) is 0.447. The molecular formula is C18H31N2O5PS. The Morgan fingerprint density at radius 2 is 1.67 bits per heavy atom. The molecule has 27 heavy (non-hydrogen) atoms. The van der Waals surface area contributed by atoms with Crippen molar-refractivity contribution in [2.45, 2.75) is 56.5 Å². The molecule has 0 aliphatic carbocycles. The van der Waals surface area contributed by atoms with Gasteiger partial charge in [-0.1, -0.05) is 33.6 Å². The van der Waals surface area contributed by atoms with Crippen LogP contribution >= 0.6 is 7.37 Å². The van der Waals surface area contributed by atoms with Crippen molar-refractivity contribution < 1.29 is 22.3 Å². The Balaban J connectivity index is 2.22. The lowest BCUT2D eigenvalue weighted by atomic mass is 10.2. The van der Waals surface area contributed by atoms with Gasteiger partial charge in [0.15, 0.2) is 0 Å². The minimum absolute atomic E-state index is 0.0237. The average molecular weight is 418 g/mol. The molecular weight excluding hydrogens is 387 g/mol. The first kappa shape index (κ1) is 23.8. The van der Waals surface area contributed by atoms with E-state index in [1.54, 1.807) is 6.66 Å². The summed E-state index contributed by atoms with van der Waals surface area (Å²) in [5.41, 5.74) is 0.386. The van der Waals surface area contributed by atoms with Crippen LogP contribution in [0.1, 0.15) is 56.8 Å². The SMILES string of the molecule is CC(C)(C)P(C)(=O)OCCCCCCNC(=O)c1ccc(S(N)(=O)=O)cc1. The van der Waals surface area contributed by atoms with Crippen LogP contribution in [-0.4, -0.2) is 39.3 Å². The predicted octanol–water partition coefficient (Wildman–Crippen LogP) is 3.35. The Bertz CT molecular complexity index is 770. The second-order valence-corrected chi connectivity index (χ2v) is 12.4. The lowest BCUT2D eigenvalue weighted by Gasteiger charge is -2.27. The molecule has 0 saturated heterocycles. The number of primary sulfonamides is 1. The Hall–Kier alpha value is -1.21. The summed E-state index contributed by atoms with van der Waals surface area (Å²) in [7, 11) is -6.36. The van der Waals surface area contributed by atoms with Crippen molar-refractivity contribution in [2.75, 3.05) is 19.8 Å². The van der Waals surface area contributed by atoms with Crippen LogP contribution < -0.4 is 10.5 Å². The third-order valence-electron chi connectivity index (χ3n) is 4.36. The molecule has 9 heteroatoms. The molecule has 1 aromatic rings. The van der Waals surface area contributed by atoms with Gasteiger partial charge in [-0.25, -0.2) is 13.6 Å². The lowest BCUT2D eigenvalue weighted by molar-refractivity contribution is 0.0952. The lowest BCUT2D eigenvalue weighted by Crippen LogP contribution is -2.24. The number of hydrogen-bond acceptors (Lipinski definition) is 5. The molecule has 154 valence electrons. The van der Waals surface area contributed by atoms with Crippen molar-refractivity contribution in [3.8, 4) is 0 Å². The fourth-order valence-electron chi connectivity index (χ4n) is 2.11. The summed E-state index contributed by atoms with van der Waals surface area (Å²) in [5, 5.41) is 7.48. The van der Waals surface area contributed by atoms with Crippen molar-refractivity contribution in [1.82, 2.24) is 5.32 Å². The number of amides is 1. The maximum Gasteiger partial charge on any atom is 0.251 e. The van der Waals surface area contributed by atoms with Gasteiger partial charge in [0.05, 0.1) is 11.5 Å². The average Bonchev–Trinajstić information content (AvgIpc) is 2.55. The summed E-state index contributed by atoms with van der Waals surface area (Å²) < 4.78 is 40.3. The highest BCUT2D eigenvalue weighted by atomic mass is 32.2. The molecule has 1 rings (SSSR count). The van der Waals surface area contributed by atoms with Gasteiger partial charge in [-0.3, -0.25) is 9.36 Å². The van der Waals surface area contributed by atoms with Crippen LogP contribution in [0.15, 0.2) is 29.2 Å². The maximum atomic E-state index is 12.3. The first-order valence-corrected chi connectivity index (χ1v) is 12.6. The van der Waals surface area contributed by atoms with Gasteiger partial charge in [-0.2, -0.15) is 0 Å². The number of rotatable bonds is 10. The summed E-state index contributed by atoms with van der Waals surface area (Å²) in [6, 6.07) is 5.50. The van der Waals surface area contributed by atoms with E-state index >= 15 is 0 Å². The molecule has 3 N–H and O–H groups in total. The highest BCUT2D eigenvalue weighted by molar-refractivity contribution is 7.89. The fourth-order valence-corrected chi connectivity index (χ4v) is 3.49. The van der Waals surface area contributed by atoms with E-state index in [2.05, 4.69) is 5.32 Å². The number of benzene rings is 1. The normalized spacial score (nSPS) is 14.6.